The molecule has 3 aliphatic carbocycles. The summed E-state index contributed by atoms with van der Waals surface area (Å²) < 4.78 is 16.2. The van der Waals surface area contributed by atoms with Crippen molar-refractivity contribution in [1.82, 2.24) is 0 Å². The zero-order valence-electron chi connectivity index (χ0n) is 21.5. The summed E-state index contributed by atoms with van der Waals surface area (Å²) in [5.74, 6) is 1.64. The van der Waals surface area contributed by atoms with Crippen LogP contribution >= 0.6 is 17.2 Å². The van der Waals surface area contributed by atoms with E-state index in [0.717, 1.165) is 19.3 Å². The van der Waals surface area contributed by atoms with Crippen LogP contribution < -0.4 is 0 Å². The summed E-state index contributed by atoms with van der Waals surface area (Å²) in [7, 11) is -5.24. The number of rotatable bonds is 12. The topological polar surface area (TPSA) is 129 Å². The minimum atomic E-state index is -2.62. The second-order valence-electron chi connectivity index (χ2n) is 11.7. The fourth-order valence-electron chi connectivity index (χ4n) is 6.80. The predicted molar refractivity (Wildman–Crippen MR) is 137 cm³/mol. The van der Waals surface area contributed by atoms with Gasteiger partial charge in [0, 0.05) is 0 Å². The molecule has 0 bridgehead atoms. The van der Waals surface area contributed by atoms with E-state index < -0.39 is 29.2 Å². The Morgan fingerprint density at radius 1 is 1.06 bits per heavy atom. The van der Waals surface area contributed by atoms with Gasteiger partial charge in [-0.25, -0.2) is 0 Å². The van der Waals surface area contributed by atoms with Crippen molar-refractivity contribution < 1.29 is 38.5 Å². The van der Waals surface area contributed by atoms with Gasteiger partial charge in [-0.15, -0.1) is 0 Å². The Morgan fingerprint density at radius 2 is 1.71 bits per heavy atom. The van der Waals surface area contributed by atoms with Crippen molar-refractivity contribution in [3.63, 3.8) is 0 Å². The SMILES string of the molecule is CC(C)C1=CC2=CCC3[C@@](C)(COCC(CO)(COP(O)O)COP(O)O)CCC[C@]3(C)[C@@H]2CC1. The first-order valence-electron chi connectivity index (χ1n) is 12.7. The second-order valence-corrected chi connectivity index (χ2v) is 13.2. The summed E-state index contributed by atoms with van der Waals surface area (Å²) in [6.07, 6.45) is 11.8. The molecule has 0 amide bonds. The van der Waals surface area contributed by atoms with E-state index in [1.165, 1.54) is 24.8 Å². The lowest BCUT2D eigenvalue weighted by molar-refractivity contribution is -0.115. The highest BCUT2D eigenvalue weighted by molar-refractivity contribution is 7.39. The van der Waals surface area contributed by atoms with Gasteiger partial charge in [-0.2, -0.15) is 0 Å². The van der Waals surface area contributed by atoms with Gasteiger partial charge in [0.15, 0.2) is 0 Å². The minimum Gasteiger partial charge on any atom is -0.396 e. The molecule has 202 valence electrons. The Morgan fingerprint density at radius 3 is 2.29 bits per heavy atom. The van der Waals surface area contributed by atoms with Crippen LogP contribution in [0, 0.1) is 34.0 Å². The van der Waals surface area contributed by atoms with Gasteiger partial charge in [-0.1, -0.05) is 51.8 Å². The lowest BCUT2D eigenvalue weighted by Crippen LogP contribution is -2.52. The normalized spacial score (nSPS) is 31.4. The van der Waals surface area contributed by atoms with Gasteiger partial charge >= 0.3 is 17.2 Å². The molecule has 1 fully saturated rings. The van der Waals surface area contributed by atoms with Crippen molar-refractivity contribution >= 4 is 17.2 Å². The van der Waals surface area contributed by atoms with E-state index in [0.29, 0.717) is 24.4 Å². The Bertz CT molecular complexity index is 759. The van der Waals surface area contributed by atoms with E-state index >= 15 is 0 Å². The van der Waals surface area contributed by atoms with E-state index in [2.05, 4.69) is 39.8 Å². The fraction of sp³-hybridized carbons (Fsp3) is 0.840. The summed E-state index contributed by atoms with van der Waals surface area (Å²) in [6.45, 7) is 8.99. The van der Waals surface area contributed by atoms with Crippen LogP contribution in [-0.4, -0.2) is 57.7 Å². The lowest BCUT2D eigenvalue weighted by atomic mass is 9.47. The number of hydrogen-bond donors (Lipinski definition) is 5. The van der Waals surface area contributed by atoms with Crippen molar-refractivity contribution in [2.45, 2.75) is 66.2 Å². The van der Waals surface area contributed by atoms with Crippen LogP contribution in [0.25, 0.3) is 0 Å². The van der Waals surface area contributed by atoms with Crippen molar-refractivity contribution in [3.8, 4) is 0 Å². The van der Waals surface area contributed by atoms with Gasteiger partial charge in [-0.3, -0.25) is 0 Å². The lowest BCUT2D eigenvalue weighted by Gasteiger charge is -2.58. The van der Waals surface area contributed by atoms with Crippen molar-refractivity contribution in [3.05, 3.63) is 23.3 Å². The molecular formula is C25H44O8P2. The number of allylic oxidation sites excluding steroid dienone is 4. The number of fused-ring (bicyclic) bond motifs is 3. The molecule has 1 unspecified atom stereocenters. The Hall–Kier alpha value is 0.0200. The van der Waals surface area contributed by atoms with Crippen molar-refractivity contribution in [2.24, 2.45) is 34.0 Å². The van der Waals surface area contributed by atoms with Gasteiger partial charge in [0.05, 0.1) is 38.4 Å². The van der Waals surface area contributed by atoms with Gasteiger partial charge < -0.3 is 38.5 Å². The number of aliphatic hydroxyl groups excluding tert-OH is 1. The third kappa shape index (κ3) is 6.92. The molecule has 0 aliphatic heterocycles. The zero-order valence-corrected chi connectivity index (χ0v) is 23.3. The highest BCUT2D eigenvalue weighted by Crippen LogP contribution is 2.62. The third-order valence-corrected chi connectivity index (χ3v) is 9.57. The van der Waals surface area contributed by atoms with Crippen LogP contribution in [0.4, 0.5) is 0 Å². The summed E-state index contributed by atoms with van der Waals surface area (Å²) in [4.78, 5) is 36.8. The minimum absolute atomic E-state index is 0.0405. The molecule has 4 atom stereocenters. The molecule has 10 heteroatoms. The highest BCUT2D eigenvalue weighted by Gasteiger charge is 2.54. The smallest absolute Gasteiger partial charge is 0.327 e. The van der Waals surface area contributed by atoms with Gasteiger partial charge in [-0.05, 0) is 66.3 Å². The Kier molecular flexibility index (Phi) is 10.4. The first-order valence-corrected chi connectivity index (χ1v) is 15.0. The van der Waals surface area contributed by atoms with Crippen LogP contribution in [0.15, 0.2) is 23.3 Å². The quantitative estimate of drug-likeness (QED) is 0.230. The molecule has 0 aromatic carbocycles. The van der Waals surface area contributed by atoms with Gasteiger partial charge in [0.25, 0.3) is 0 Å². The number of hydrogen-bond acceptors (Lipinski definition) is 8. The first kappa shape index (κ1) is 29.6. The fourth-order valence-corrected chi connectivity index (χ4v) is 7.58. The molecule has 3 aliphatic rings. The molecule has 0 spiro atoms. The molecule has 8 nitrogen and oxygen atoms in total. The summed E-state index contributed by atoms with van der Waals surface area (Å²) in [5, 5.41) is 10.1. The molecule has 0 radical (unpaired) electrons. The van der Waals surface area contributed by atoms with Crippen molar-refractivity contribution in [2.75, 3.05) is 33.0 Å². The van der Waals surface area contributed by atoms with Crippen LogP contribution in [0.3, 0.4) is 0 Å². The highest BCUT2D eigenvalue weighted by atomic mass is 31.2. The van der Waals surface area contributed by atoms with Gasteiger partial charge in [0.2, 0.25) is 0 Å². The third-order valence-electron chi connectivity index (χ3n) is 8.85. The van der Waals surface area contributed by atoms with E-state index in [-0.39, 0.29) is 30.7 Å². The number of aliphatic hydroxyl groups is 1. The zero-order chi connectivity index (χ0) is 25.9. The maximum atomic E-state index is 10.1. The molecule has 5 N–H and O–H groups in total. The summed E-state index contributed by atoms with van der Waals surface area (Å²) in [5.41, 5.74) is 2.12. The van der Waals surface area contributed by atoms with Crippen LogP contribution in [0.1, 0.15) is 66.2 Å². The molecular weight excluding hydrogens is 490 g/mol. The Labute approximate surface area is 212 Å². The van der Waals surface area contributed by atoms with Crippen LogP contribution in [0.2, 0.25) is 0 Å². The summed E-state index contributed by atoms with van der Waals surface area (Å²) >= 11 is 0. The average Bonchev–Trinajstić information content (AvgIpc) is 2.80. The maximum Gasteiger partial charge on any atom is 0.327 e. The molecule has 0 heterocycles. The van der Waals surface area contributed by atoms with E-state index in [4.69, 9.17) is 13.8 Å². The van der Waals surface area contributed by atoms with Crippen LogP contribution in [-0.2, 0) is 13.8 Å². The largest absolute Gasteiger partial charge is 0.396 e. The standard InChI is InChI=1S/C25H44O8P2/c1-18(2)19-6-8-21-20(12-19)7-9-22-23(3,10-5-11-24(21,22)4)14-31-15-25(13-26,16-32-34(27)28)17-33-35(29)30/h7,12,18,21-22,26-30H,5-6,8-11,13-17H2,1-4H3/t21-,22?,23-,24-/m1/s1. The van der Waals surface area contributed by atoms with E-state index in [1.807, 2.05) is 0 Å². The molecule has 0 aromatic heterocycles. The van der Waals surface area contributed by atoms with E-state index in [9.17, 15) is 24.7 Å². The molecule has 0 aromatic rings. The molecule has 35 heavy (non-hydrogen) atoms. The first-order chi connectivity index (χ1) is 16.4. The molecule has 1 saturated carbocycles. The monoisotopic (exact) mass is 534 g/mol. The Balaban J connectivity index is 1.73. The predicted octanol–water partition coefficient (Wildman–Crippen LogP) is 4.57. The van der Waals surface area contributed by atoms with Crippen LogP contribution in [0.5, 0.6) is 0 Å². The molecule has 3 rings (SSSR count). The van der Waals surface area contributed by atoms with Crippen molar-refractivity contribution in [1.29, 1.82) is 0 Å². The van der Waals surface area contributed by atoms with E-state index in [1.54, 1.807) is 5.57 Å². The second kappa shape index (κ2) is 12.3. The number of ether oxygens (including phenoxy) is 1. The average molecular weight is 535 g/mol. The molecule has 0 saturated heterocycles. The maximum absolute atomic E-state index is 10.1. The summed E-state index contributed by atoms with van der Waals surface area (Å²) in [6, 6.07) is 0. The van der Waals surface area contributed by atoms with Gasteiger partial charge in [0.1, 0.15) is 0 Å².